The zero-order chi connectivity index (χ0) is 12.5. The Labute approximate surface area is 114 Å². The average Bonchev–Trinajstić information content (AvgIpc) is 2.95. The van der Waals surface area contributed by atoms with Crippen molar-refractivity contribution < 1.29 is 4.79 Å². The lowest BCUT2D eigenvalue weighted by atomic mass is 9.93. The monoisotopic (exact) mass is 278 g/mol. The van der Waals surface area contributed by atoms with E-state index in [4.69, 9.17) is 0 Å². The molecule has 1 aliphatic carbocycles. The van der Waals surface area contributed by atoms with Crippen molar-refractivity contribution in [3.63, 3.8) is 0 Å². The van der Waals surface area contributed by atoms with E-state index in [1.54, 1.807) is 11.3 Å². The van der Waals surface area contributed by atoms with Crippen molar-refractivity contribution in [3.8, 4) is 0 Å². The molecule has 0 unspecified atom stereocenters. The van der Waals surface area contributed by atoms with Gasteiger partial charge in [0.1, 0.15) is 0 Å². The van der Waals surface area contributed by atoms with Crippen molar-refractivity contribution in [3.05, 3.63) is 33.0 Å². The van der Waals surface area contributed by atoms with Gasteiger partial charge in [0.2, 0.25) is 0 Å². The van der Waals surface area contributed by atoms with Gasteiger partial charge in [-0.15, -0.1) is 11.3 Å². The van der Waals surface area contributed by atoms with Crippen LogP contribution in [0.15, 0.2) is 16.8 Å². The molecule has 2 aromatic heterocycles. The minimum absolute atomic E-state index is 0.0598. The zero-order valence-electron chi connectivity index (χ0n) is 10.1. The molecule has 1 aliphatic rings. The van der Waals surface area contributed by atoms with Crippen LogP contribution in [0.1, 0.15) is 34.3 Å². The highest BCUT2D eigenvalue weighted by atomic mass is 32.1. The highest BCUT2D eigenvalue weighted by Gasteiger charge is 2.20. The summed E-state index contributed by atoms with van der Waals surface area (Å²) in [4.78, 5) is 17.8. The first-order valence-corrected chi connectivity index (χ1v) is 7.80. The molecule has 2 aromatic rings. The van der Waals surface area contributed by atoms with Gasteiger partial charge in [-0.25, -0.2) is 4.98 Å². The Morgan fingerprint density at radius 2 is 2.44 bits per heavy atom. The van der Waals surface area contributed by atoms with Crippen molar-refractivity contribution in [1.29, 1.82) is 0 Å². The van der Waals surface area contributed by atoms with Crippen LogP contribution in [0.2, 0.25) is 0 Å². The van der Waals surface area contributed by atoms with Gasteiger partial charge in [0.25, 0.3) is 5.91 Å². The molecule has 0 aromatic carbocycles. The standard InChI is InChI=1S/C13H14N2OS2/c1-8-2-3-10-11(6-8)18-13(14-10)15-12(16)9-4-5-17-7-9/h4-5,7-8H,2-3,6H2,1H3,(H,14,15,16)/t8-/m0/s1. The summed E-state index contributed by atoms with van der Waals surface area (Å²) in [6.07, 6.45) is 3.34. The molecule has 2 heterocycles. The first kappa shape index (κ1) is 11.9. The second kappa shape index (κ2) is 4.82. The highest BCUT2D eigenvalue weighted by Crippen LogP contribution is 2.32. The topological polar surface area (TPSA) is 42.0 Å². The molecule has 0 saturated carbocycles. The Morgan fingerprint density at radius 1 is 1.56 bits per heavy atom. The van der Waals surface area contributed by atoms with Crippen LogP contribution in [0.4, 0.5) is 5.13 Å². The van der Waals surface area contributed by atoms with Gasteiger partial charge in [0.05, 0.1) is 11.3 Å². The minimum atomic E-state index is -0.0598. The van der Waals surface area contributed by atoms with Crippen molar-refractivity contribution >= 4 is 33.7 Å². The number of aryl methyl sites for hydroxylation is 1. The fourth-order valence-electron chi connectivity index (χ4n) is 2.16. The normalized spacial score (nSPS) is 18.4. The Morgan fingerprint density at radius 3 is 3.22 bits per heavy atom. The van der Waals surface area contributed by atoms with Gasteiger partial charge in [-0.3, -0.25) is 10.1 Å². The van der Waals surface area contributed by atoms with E-state index in [0.717, 1.165) is 23.9 Å². The quantitative estimate of drug-likeness (QED) is 0.912. The van der Waals surface area contributed by atoms with Crippen molar-refractivity contribution in [2.24, 2.45) is 5.92 Å². The summed E-state index contributed by atoms with van der Waals surface area (Å²) in [5, 5.41) is 7.39. The molecular weight excluding hydrogens is 264 g/mol. The van der Waals surface area contributed by atoms with Crippen LogP contribution < -0.4 is 5.32 Å². The van der Waals surface area contributed by atoms with Crippen molar-refractivity contribution in [1.82, 2.24) is 4.98 Å². The summed E-state index contributed by atoms with van der Waals surface area (Å²) in [6, 6.07) is 1.83. The Hall–Kier alpha value is -1.20. The summed E-state index contributed by atoms with van der Waals surface area (Å²) in [5.74, 6) is 0.675. The van der Waals surface area contributed by atoms with E-state index < -0.39 is 0 Å². The Kier molecular flexibility index (Phi) is 3.18. The van der Waals surface area contributed by atoms with E-state index in [9.17, 15) is 4.79 Å². The zero-order valence-corrected chi connectivity index (χ0v) is 11.7. The van der Waals surface area contributed by atoms with Gasteiger partial charge in [0.15, 0.2) is 5.13 Å². The molecule has 18 heavy (non-hydrogen) atoms. The van der Waals surface area contributed by atoms with E-state index in [-0.39, 0.29) is 5.91 Å². The lowest BCUT2D eigenvalue weighted by Crippen LogP contribution is -2.11. The molecule has 0 aliphatic heterocycles. The minimum Gasteiger partial charge on any atom is -0.298 e. The molecule has 1 atom stereocenters. The van der Waals surface area contributed by atoms with Gasteiger partial charge in [-0.1, -0.05) is 6.92 Å². The van der Waals surface area contributed by atoms with Gasteiger partial charge in [-0.05, 0) is 36.6 Å². The molecule has 3 rings (SSSR count). The van der Waals surface area contributed by atoms with E-state index in [1.807, 2.05) is 16.8 Å². The first-order chi connectivity index (χ1) is 8.72. The van der Waals surface area contributed by atoms with Crippen LogP contribution in [-0.4, -0.2) is 10.9 Å². The third-order valence-corrected chi connectivity index (χ3v) is 4.91. The van der Waals surface area contributed by atoms with Crippen molar-refractivity contribution in [2.45, 2.75) is 26.2 Å². The number of fused-ring (bicyclic) bond motifs is 1. The van der Waals surface area contributed by atoms with E-state index >= 15 is 0 Å². The third-order valence-electron chi connectivity index (χ3n) is 3.19. The van der Waals surface area contributed by atoms with Crippen LogP contribution in [0, 0.1) is 5.92 Å². The number of anilines is 1. The lowest BCUT2D eigenvalue weighted by Gasteiger charge is -2.15. The fourth-order valence-corrected chi connectivity index (χ4v) is 3.96. The summed E-state index contributed by atoms with van der Waals surface area (Å²) >= 11 is 3.15. The lowest BCUT2D eigenvalue weighted by molar-refractivity contribution is 0.102. The number of hydrogen-bond acceptors (Lipinski definition) is 4. The first-order valence-electron chi connectivity index (χ1n) is 6.04. The number of amides is 1. The molecule has 1 amide bonds. The molecule has 0 radical (unpaired) electrons. The van der Waals surface area contributed by atoms with Crippen LogP contribution in [0.5, 0.6) is 0 Å². The van der Waals surface area contributed by atoms with Gasteiger partial charge < -0.3 is 0 Å². The number of aromatic nitrogens is 1. The number of thiophene rings is 1. The summed E-state index contributed by atoms with van der Waals surface area (Å²) in [6.45, 7) is 2.27. The van der Waals surface area contributed by atoms with Gasteiger partial charge >= 0.3 is 0 Å². The molecule has 5 heteroatoms. The number of rotatable bonds is 2. The van der Waals surface area contributed by atoms with Gasteiger partial charge in [-0.2, -0.15) is 11.3 Å². The summed E-state index contributed by atoms with van der Waals surface area (Å²) in [5.41, 5.74) is 1.89. The number of hydrogen-bond donors (Lipinski definition) is 1. The highest BCUT2D eigenvalue weighted by molar-refractivity contribution is 7.16. The summed E-state index contributed by atoms with van der Waals surface area (Å²) < 4.78 is 0. The van der Waals surface area contributed by atoms with Gasteiger partial charge in [0, 0.05) is 10.3 Å². The number of nitrogens with one attached hydrogen (secondary N) is 1. The van der Waals surface area contributed by atoms with E-state index in [1.165, 1.54) is 28.3 Å². The summed E-state index contributed by atoms with van der Waals surface area (Å²) in [7, 11) is 0. The molecule has 1 N–H and O–H groups in total. The van der Waals surface area contributed by atoms with Crippen molar-refractivity contribution in [2.75, 3.05) is 5.32 Å². The smallest absolute Gasteiger partial charge is 0.258 e. The van der Waals surface area contributed by atoms with Crippen LogP contribution in [0.25, 0.3) is 0 Å². The molecule has 3 nitrogen and oxygen atoms in total. The van der Waals surface area contributed by atoms with Crippen LogP contribution in [0.3, 0.4) is 0 Å². The maximum Gasteiger partial charge on any atom is 0.258 e. The fraction of sp³-hybridized carbons (Fsp3) is 0.385. The number of carbonyl (C=O) groups excluding carboxylic acids is 1. The maximum atomic E-state index is 11.9. The predicted octanol–water partition coefficient (Wildman–Crippen LogP) is 3.58. The van der Waals surface area contributed by atoms with E-state index in [0.29, 0.717) is 5.56 Å². The third kappa shape index (κ3) is 2.33. The molecule has 0 saturated heterocycles. The average molecular weight is 278 g/mol. The maximum absolute atomic E-state index is 11.9. The number of nitrogens with zero attached hydrogens (tertiary/aromatic N) is 1. The molecule has 0 bridgehead atoms. The number of carbonyl (C=O) groups is 1. The second-order valence-electron chi connectivity index (χ2n) is 4.70. The Bertz CT molecular complexity index is 560. The molecule has 0 spiro atoms. The second-order valence-corrected chi connectivity index (χ2v) is 6.57. The predicted molar refractivity (Wildman–Crippen MR) is 75.6 cm³/mol. The molecule has 0 fully saturated rings. The SMILES string of the molecule is C[C@H]1CCc2nc(NC(=O)c3ccsc3)sc2C1. The Balaban J connectivity index is 1.76. The largest absolute Gasteiger partial charge is 0.298 e. The molecule has 94 valence electrons. The number of thiazole rings is 1. The van der Waals surface area contributed by atoms with E-state index in [2.05, 4.69) is 17.2 Å². The molecular formula is C13H14N2OS2. The van der Waals surface area contributed by atoms with Crippen LogP contribution in [-0.2, 0) is 12.8 Å². The van der Waals surface area contributed by atoms with Crippen LogP contribution >= 0.6 is 22.7 Å².